The average molecular weight is 968 g/mol. The molecule has 0 heterocycles. The number of rotatable bonds is 49. The minimum absolute atomic E-state index is 0.106. The van der Waals surface area contributed by atoms with Crippen molar-refractivity contribution in [3.8, 4) is 0 Å². The SMILES string of the molecule is CC/C=C\C/C=C\C/C=C\C/C=C\C/C=C\C/C=C\C/C=C\C/C=C\CCCCC(=O)OCC(COC(=O)CCCCCCC/C=C\CCCCC)OC(=O)CCCCCCC/C=C\C/C=C\CCC. The first kappa shape index (κ1) is 65.5. The van der Waals surface area contributed by atoms with E-state index in [2.05, 4.69) is 154 Å². The van der Waals surface area contributed by atoms with Crippen LogP contribution in [0.2, 0.25) is 0 Å². The number of carbonyl (C=O) groups is 3. The van der Waals surface area contributed by atoms with E-state index in [0.717, 1.165) is 148 Å². The van der Waals surface area contributed by atoms with Crippen molar-refractivity contribution in [2.75, 3.05) is 13.2 Å². The maximum absolute atomic E-state index is 12.8. The van der Waals surface area contributed by atoms with Gasteiger partial charge in [-0.3, -0.25) is 14.4 Å². The van der Waals surface area contributed by atoms with Gasteiger partial charge in [0, 0.05) is 19.3 Å². The van der Waals surface area contributed by atoms with Gasteiger partial charge in [0.1, 0.15) is 13.2 Å². The molecule has 0 saturated carbocycles. The molecular formula is C64H102O6. The third kappa shape index (κ3) is 54.5. The first-order valence-electron chi connectivity index (χ1n) is 28.2. The number of esters is 3. The quantitative estimate of drug-likeness (QED) is 0.0262. The molecule has 6 heteroatoms. The molecular weight excluding hydrogens is 865 g/mol. The summed E-state index contributed by atoms with van der Waals surface area (Å²) in [4.78, 5) is 38.0. The van der Waals surface area contributed by atoms with Crippen molar-refractivity contribution in [2.24, 2.45) is 0 Å². The lowest BCUT2D eigenvalue weighted by molar-refractivity contribution is -0.167. The Hall–Kier alpha value is -4.45. The fourth-order valence-corrected chi connectivity index (χ4v) is 7.14. The number of hydrogen-bond acceptors (Lipinski definition) is 6. The van der Waals surface area contributed by atoms with Crippen LogP contribution in [0.15, 0.2) is 134 Å². The lowest BCUT2D eigenvalue weighted by Crippen LogP contribution is -2.30. The summed E-state index contributed by atoms with van der Waals surface area (Å²) in [6.45, 7) is 6.36. The minimum atomic E-state index is -0.811. The molecule has 394 valence electrons. The van der Waals surface area contributed by atoms with Crippen LogP contribution in [0.25, 0.3) is 0 Å². The van der Waals surface area contributed by atoms with Gasteiger partial charge in [-0.2, -0.15) is 0 Å². The molecule has 0 aromatic heterocycles. The fourth-order valence-electron chi connectivity index (χ4n) is 7.14. The van der Waals surface area contributed by atoms with Gasteiger partial charge in [-0.05, 0) is 135 Å². The van der Waals surface area contributed by atoms with Crippen LogP contribution < -0.4 is 0 Å². The molecule has 0 amide bonds. The summed E-state index contributed by atoms with van der Waals surface area (Å²) in [5.74, 6) is -0.982. The maximum Gasteiger partial charge on any atom is 0.306 e. The normalized spacial score (nSPS) is 13.1. The molecule has 0 radical (unpaired) electrons. The molecule has 0 spiro atoms. The van der Waals surface area contributed by atoms with E-state index in [0.29, 0.717) is 25.7 Å². The first-order chi connectivity index (χ1) is 34.5. The molecule has 1 unspecified atom stereocenters. The van der Waals surface area contributed by atoms with Crippen LogP contribution in [-0.4, -0.2) is 37.2 Å². The van der Waals surface area contributed by atoms with E-state index in [1.807, 2.05) is 0 Å². The number of allylic oxidation sites excluding steroid dienone is 22. The molecule has 0 saturated heterocycles. The lowest BCUT2D eigenvalue weighted by Gasteiger charge is -2.18. The van der Waals surface area contributed by atoms with Crippen molar-refractivity contribution < 1.29 is 28.6 Å². The van der Waals surface area contributed by atoms with Crippen LogP contribution in [0, 0.1) is 0 Å². The van der Waals surface area contributed by atoms with Gasteiger partial charge in [-0.1, -0.05) is 212 Å². The van der Waals surface area contributed by atoms with Crippen LogP contribution >= 0.6 is 0 Å². The zero-order valence-corrected chi connectivity index (χ0v) is 45.0. The van der Waals surface area contributed by atoms with Crippen LogP contribution in [0.3, 0.4) is 0 Å². The number of ether oxygens (including phenoxy) is 3. The molecule has 0 N–H and O–H groups in total. The Morgan fingerprint density at radius 1 is 0.300 bits per heavy atom. The highest BCUT2D eigenvalue weighted by molar-refractivity contribution is 5.71. The Morgan fingerprint density at radius 2 is 0.586 bits per heavy atom. The number of hydrogen-bond donors (Lipinski definition) is 0. The fraction of sp³-hybridized carbons (Fsp3) is 0.609. The zero-order valence-electron chi connectivity index (χ0n) is 45.0. The van der Waals surface area contributed by atoms with Crippen LogP contribution in [0.1, 0.15) is 233 Å². The molecule has 0 aliphatic heterocycles. The van der Waals surface area contributed by atoms with E-state index in [4.69, 9.17) is 14.2 Å². The van der Waals surface area contributed by atoms with E-state index < -0.39 is 6.10 Å². The molecule has 0 aromatic rings. The molecule has 0 bridgehead atoms. The third-order valence-corrected chi connectivity index (χ3v) is 11.3. The van der Waals surface area contributed by atoms with Crippen LogP contribution in [-0.2, 0) is 28.6 Å². The highest BCUT2D eigenvalue weighted by atomic mass is 16.6. The third-order valence-electron chi connectivity index (χ3n) is 11.3. The van der Waals surface area contributed by atoms with Gasteiger partial charge in [0.2, 0.25) is 0 Å². The molecule has 0 aromatic carbocycles. The van der Waals surface area contributed by atoms with Crippen molar-refractivity contribution in [1.82, 2.24) is 0 Å². The van der Waals surface area contributed by atoms with Gasteiger partial charge in [0.15, 0.2) is 6.10 Å². The second-order valence-electron chi connectivity index (χ2n) is 18.1. The van der Waals surface area contributed by atoms with Gasteiger partial charge in [0.25, 0.3) is 0 Å². The van der Waals surface area contributed by atoms with Crippen molar-refractivity contribution in [1.29, 1.82) is 0 Å². The smallest absolute Gasteiger partial charge is 0.306 e. The van der Waals surface area contributed by atoms with Gasteiger partial charge >= 0.3 is 17.9 Å². The Labute approximate surface area is 430 Å². The molecule has 1 atom stereocenters. The molecule has 0 rings (SSSR count). The van der Waals surface area contributed by atoms with Gasteiger partial charge in [-0.15, -0.1) is 0 Å². The predicted molar refractivity (Wildman–Crippen MR) is 302 cm³/mol. The molecule has 0 fully saturated rings. The monoisotopic (exact) mass is 967 g/mol. The predicted octanol–water partition coefficient (Wildman–Crippen LogP) is 19.0. The second-order valence-corrected chi connectivity index (χ2v) is 18.1. The number of carbonyl (C=O) groups excluding carboxylic acids is 3. The van der Waals surface area contributed by atoms with Crippen LogP contribution in [0.5, 0.6) is 0 Å². The Bertz CT molecular complexity index is 1530. The highest BCUT2D eigenvalue weighted by Gasteiger charge is 2.19. The Balaban J connectivity index is 4.42. The zero-order chi connectivity index (χ0) is 50.7. The topological polar surface area (TPSA) is 78.9 Å². The van der Waals surface area contributed by atoms with E-state index in [1.54, 1.807) is 0 Å². The molecule has 0 aliphatic carbocycles. The summed E-state index contributed by atoms with van der Waals surface area (Å²) in [5.41, 5.74) is 0. The maximum atomic E-state index is 12.8. The van der Waals surface area contributed by atoms with Crippen molar-refractivity contribution in [3.63, 3.8) is 0 Å². The van der Waals surface area contributed by atoms with Crippen molar-refractivity contribution in [2.45, 2.75) is 239 Å². The Kier molecular flexibility index (Phi) is 53.5. The summed E-state index contributed by atoms with van der Waals surface area (Å²) in [5, 5.41) is 0. The van der Waals surface area contributed by atoms with Gasteiger partial charge in [0.05, 0.1) is 0 Å². The summed E-state index contributed by atoms with van der Waals surface area (Å²) >= 11 is 0. The molecule has 6 nitrogen and oxygen atoms in total. The first-order valence-corrected chi connectivity index (χ1v) is 28.2. The molecule has 70 heavy (non-hydrogen) atoms. The minimum Gasteiger partial charge on any atom is -0.462 e. The second kappa shape index (κ2) is 57.1. The summed E-state index contributed by atoms with van der Waals surface area (Å²) in [6.07, 6.45) is 80.2. The standard InChI is InChI=1S/C64H102O6/c1-4-7-10-13-16-19-22-25-26-27-28-29-30-31-32-33-34-35-36-37-38-40-42-45-48-51-54-57-63(66)69-60-61(59-68-62(65)56-53-50-47-44-41-24-21-18-15-12-9-6-3)70-64(67)58-55-52-49-46-43-39-23-20-17-14-11-8-5-2/h7,10-11,14,16,18-21,23,25-26,28-29,31-32,34-35,37-38,42,45,61H,4-6,8-9,12-13,15,17,22,24,27,30,33,36,39-41,43-44,46-60H2,1-3H3/b10-7-,14-11-,19-16-,21-18-,23-20-,26-25-,29-28-,32-31-,35-34-,38-37-,45-42-. The average Bonchev–Trinajstić information content (AvgIpc) is 3.36. The van der Waals surface area contributed by atoms with Crippen molar-refractivity contribution in [3.05, 3.63) is 134 Å². The summed E-state index contributed by atoms with van der Waals surface area (Å²) in [6, 6.07) is 0. The van der Waals surface area contributed by atoms with Gasteiger partial charge < -0.3 is 14.2 Å². The highest BCUT2D eigenvalue weighted by Crippen LogP contribution is 2.13. The van der Waals surface area contributed by atoms with Gasteiger partial charge in [-0.25, -0.2) is 0 Å². The van der Waals surface area contributed by atoms with Crippen molar-refractivity contribution >= 4 is 17.9 Å². The largest absolute Gasteiger partial charge is 0.462 e. The van der Waals surface area contributed by atoms with E-state index in [-0.39, 0.29) is 31.1 Å². The van der Waals surface area contributed by atoms with E-state index >= 15 is 0 Å². The summed E-state index contributed by atoms with van der Waals surface area (Å²) in [7, 11) is 0. The van der Waals surface area contributed by atoms with E-state index in [1.165, 1.54) is 38.5 Å². The molecule has 0 aliphatic rings. The lowest BCUT2D eigenvalue weighted by atomic mass is 10.1. The Morgan fingerprint density at radius 3 is 0.971 bits per heavy atom. The van der Waals surface area contributed by atoms with Crippen LogP contribution in [0.4, 0.5) is 0 Å². The summed E-state index contributed by atoms with van der Waals surface area (Å²) < 4.78 is 16.8. The number of unbranched alkanes of at least 4 members (excludes halogenated alkanes) is 16. The van der Waals surface area contributed by atoms with E-state index in [9.17, 15) is 14.4 Å².